The minimum absolute atomic E-state index is 0.659. The normalized spacial score (nSPS) is 11.6. The molecule has 0 fully saturated rings. The number of nitrogens with zero attached hydrogens (tertiary/aromatic N) is 1. The highest BCUT2D eigenvalue weighted by atomic mass is 16.7. The van der Waals surface area contributed by atoms with Crippen LogP contribution in [0.3, 0.4) is 0 Å². The van der Waals surface area contributed by atoms with Crippen LogP contribution in [0.5, 0.6) is 0 Å². The fraction of sp³-hybridized carbons (Fsp3) is 0.500. The van der Waals surface area contributed by atoms with Gasteiger partial charge in [-0.15, -0.1) is 0 Å². The van der Waals surface area contributed by atoms with Crippen LogP contribution < -0.4 is 5.32 Å². The minimum Gasteiger partial charge on any atom is -0.341 e. The monoisotopic (exact) mass is 196 g/mol. The van der Waals surface area contributed by atoms with Crippen molar-refractivity contribution in [3.63, 3.8) is 0 Å². The van der Waals surface area contributed by atoms with Crippen LogP contribution >= 0.6 is 0 Å². The smallest absolute Gasteiger partial charge is 0.224 e. The molecule has 0 aliphatic rings. The van der Waals surface area contributed by atoms with Crippen molar-refractivity contribution < 1.29 is 9.47 Å². The first-order chi connectivity index (χ1) is 6.70. The topological polar surface area (TPSA) is 43.4 Å². The van der Waals surface area contributed by atoms with Gasteiger partial charge in [-0.05, 0) is 11.6 Å². The second kappa shape index (κ2) is 5.05. The van der Waals surface area contributed by atoms with Gasteiger partial charge in [0.1, 0.15) is 0 Å². The first-order valence-corrected chi connectivity index (χ1v) is 4.44. The Labute approximate surface area is 84.3 Å². The van der Waals surface area contributed by atoms with Gasteiger partial charge in [-0.25, -0.2) is 0 Å². The van der Waals surface area contributed by atoms with E-state index in [2.05, 4.69) is 10.3 Å². The number of hydrogen-bond donors (Lipinski definition) is 1. The number of pyridine rings is 1. The van der Waals surface area contributed by atoms with E-state index in [0.717, 1.165) is 5.56 Å². The van der Waals surface area contributed by atoms with Crippen LogP contribution in [0.1, 0.15) is 12.5 Å². The predicted molar refractivity (Wildman–Crippen MR) is 53.5 cm³/mol. The van der Waals surface area contributed by atoms with Crippen molar-refractivity contribution in [2.75, 3.05) is 14.2 Å². The van der Waals surface area contributed by atoms with E-state index in [-0.39, 0.29) is 0 Å². The first-order valence-electron chi connectivity index (χ1n) is 4.44. The van der Waals surface area contributed by atoms with E-state index in [9.17, 15) is 0 Å². The van der Waals surface area contributed by atoms with E-state index in [1.165, 1.54) is 0 Å². The van der Waals surface area contributed by atoms with Crippen molar-refractivity contribution in [2.45, 2.75) is 19.4 Å². The molecule has 0 aliphatic heterocycles. The van der Waals surface area contributed by atoms with Gasteiger partial charge in [0.05, 0.1) is 0 Å². The number of ether oxygens (including phenoxy) is 2. The maximum absolute atomic E-state index is 5.15. The van der Waals surface area contributed by atoms with Gasteiger partial charge < -0.3 is 9.47 Å². The Hall–Kier alpha value is -0.970. The highest BCUT2D eigenvalue weighted by Gasteiger charge is 2.20. The lowest BCUT2D eigenvalue weighted by molar-refractivity contribution is -0.215. The van der Waals surface area contributed by atoms with Crippen molar-refractivity contribution in [3.8, 4) is 0 Å². The summed E-state index contributed by atoms with van der Waals surface area (Å²) < 4.78 is 10.3. The average Bonchev–Trinajstić information content (AvgIpc) is 2.27. The van der Waals surface area contributed by atoms with E-state index < -0.39 is 5.91 Å². The zero-order chi connectivity index (χ0) is 10.4. The molecular formula is C10H16N2O2. The third-order valence-corrected chi connectivity index (χ3v) is 2.12. The highest BCUT2D eigenvalue weighted by molar-refractivity contribution is 5.07. The SMILES string of the molecule is COC(C)(NCc1cccnc1)OC. The highest BCUT2D eigenvalue weighted by Crippen LogP contribution is 2.06. The van der Waals surface area contributed by atoms with Gasteiger partial charge in [0.15, 0.2) is 0 Å². The molecular weight excluding hydrogens is 180 g/mol. The van der Waals surface area contributed by atoms with E-state index in [1.807, 2.05) is 19.1 Å². The average molecular weight is 196 g/mol. The van der Waals surface area contributed by atoms with Crippen LogP contribution in [0.2, 0.25) is 0 Å². The molecule has 0 bridgehead atoms. The Morgan fingerprint density at radius 2 is 2.14 bits per heavy atom. The Morgan fingerprint density at radius 3 is 2.64 bits per heavy atom. The van der Waals surface area contributed by atoms with E-state index in [0.29, 0.717) is 6.54 Å². The molecule has 1 heterocycles. The molecule has 1 rings (SSSR count). The molecule has 0 atom stereocenters. The third kappa shape index (κ3) is 3.06. The van der Waals surface area contributed by atoms with E-state index in [1.54, 1.807) is 26.6 Å². The Kier molecular flexibility index (Phi) is 4.00. The molecule has 0 aliphatic carbocycles. The van der Waals surface area contributed by atoms with Gasteiger partial charge in [-0.2, -0.15) is 0 Å². The molecule has 1 aromatic rings. The van der Waals surface area contributed by atoms with Crippen molar-refractivity contribution in [1.29, 1.82) is 0 Å². The van der Waals surface area contributed by atoms with Gasteiger partial charge in [0, 0.05) is 40.1 Å². The number of aromatic nitrogens is 1. The molecule has 0 unspecified atom stereocenters. The number of hydrogen-bond acceptors (Lipinski definition) is 4. The molecule has 0 amide bonds. The standard InChI is InChI=1S/C10H16N2O2/c1-10(13-2,14-3)12-8-9-5-4-6-11-7-9/h4-7,12H,8H2,1-3H3. The largest absolute Gasteiger partial charge is 0.341 e. The summed E-state index contributed by atoms with van der Waals surface area (Å²) in [5.74, 6) is -0.740. The molecule has 0 aromatic carbocycles. The minimum atomic E-state index is -0.740. The second-order valence-corrected chi connectivity index (χ2v) is 3.07. The molecule has 78 valence electrons. The summed E-state index contributed by atoms with van der Waals surface area (Å²) in [6, 6.07) is 3.89. The van der Waals surface area contributed by atoms with E-state index in [4.69, 9.17) is 9.47 Å². The Morgan fingerprint density at radius 1 is 1.43 bits per heavy atom. The number of methoxy groups -OCH3 is 2. The molecule has 0 radical (unpaired) electrons. The predicted octanol–water partition coefficient (Wildman–Crippen LogP) is 1.14. The lowest BCUT2D eigenvalue weighted by Crippen LogP contribution is -2.45. The molecule has 0 saturated heterocycles. The summed E-state index contributed by atoms with van der Waals surface area (Å²) in [5, 5.41) is 3.13. The molecule has 0 spiro atoms. The van der Waals surface area contributed by atoms with Crippen LogP contribution in [0.4, 0.5) is 0 Å². The summed E-state index contributed by atoms with van der Waals surface area (Å²) in [6.45, 7) is 2.48. The summed E-state index contributed by atoms with van der Waals surface area (Å²) in [7, 11) is 3.19. The van der Waals surface area contributed by atoms with Gasteiger partial charge in [0.2, 0.25) is 5.91 Å². The molecule has 1 N–H and O–H groups in total. The summed E-state index contributed by atoms with van der Waals surface area (Å²) in [6.07, 6.45) is 3.55. The summed E-state index contributed by atoms with van der Waals surface area (Å²) in [5.41, 5.74) is 1.09. The van der Waals surface area contributed by atoms with Crippen LogP contribution in [0.15, 0.2) is 24.5 Å². The van der Waals surface area contributed by atoms with Crippen LogP contribution in [-0.4, -0.2) is 25.1 Å². The quantitative estimate of drug-likeness (QED) is 0.717. The van der Waals surface area contributed by atoms with Gasteiger partial charge >= 0.3 is 0 Å². The summed E-state index contributed by atoms with van der Waals surface area (Å²) in [4.78, 5) is 4.02. The zero-order valence-corrected chi connectivity index (χ0v) is 8.78. The van der Waals surface area contributed by atoms with Gasteiger partial charge in [-0.3, -0.25) is 10.3 Å². The number of rotatable bonds is 5. The fourth-order valence-electron chi connectivity index (χ4n) is 0.993. The molecule has 14 heavy (non-hydrogen) atoms. The van der Waals surface area contributed by atoms with Gasteiger partial charge in [0.25, 0.3) is 0 Å². The third-order valence-electron chi connectivity index (χ3n) is 2.12. The molecule has 4 nitrogen and oxygen atoms in total. The maximum atomic E-state index is 5.15. The van der Waals surface area contributed by atoms with Crippen molar-refractivity contribution in [2.24, 2.45) is 0 Å². The Bertz CT molecular complexity index is 260. The first kappa shape index (κ1) is 11.1. The lowest BCUT2D eigenvalue weighted by Gasteiger charge is -2.27. The zero-order valence-electron chi connectivity index (χ0n) is 8.78. The van der Waals surface area contributed by atoms with Gasteiger partial charge in [-0.1, -0.05) is 6.07 Å². The fourth-order valence-corrected chi connectivity index (χ4v) is 0.993. The van der Waals surface area contributed by atoms with Crippen molar-refractivity contribution >= 4 is 0 Å². The second-order valence-electron chi connectivity index (χ2n) is 3.07. The van der Waals surface area contributed by atoms with Crippen LogP contribution in [-0.2, 0) is 16.0 Å². The molecule has 0 saturated carbocycles. The molecule has 1 aromatic heterocycles. The van der Waals surface area contributed by atoms with Crippen molar-refractivity contribution in [1.82, 2.24) is 10.3 Å². The van der Waals surface area contributed by atoms with E-state index >= 15 is 0 Å². The van der Waals surface area contributed by atoms with Crippen LogP contribution in [0, 0.1) is 0 Å². The summed E-state index contributed by atoms with van der Waals surface area (Å²) >= 11 is 0. The molecule has 4 heteroatoms. The Balaban J connectivity index is 2.48. The van der Waals surface area contributed by atoms with Crippen molar-refractivity contribution in [3.05, 3.63) is 30.1 Å². The lowest BCUT2D eigenvalue weighted by atomic mass is 10.3. The number of nitrogens with one attached hydrogen (secondary N) is 1. The maximum Gasteiger partial charge on any atom is 0.224 e. The van der Waals surface area contributed by atoms with Crippen LogP contribution in [0.25, 0.3) is 0 Å².